The summed E-state index contributed by atoms with van der Waals surface area (Å²) in [6.45, 7) is 2.58. The quantitative estimate of drug-likeness (QED) is 0.735. The van der Waals surface area contributed by atoms with Crippen molar-refractivity contribution in [3.05, 3.63) is 48.2 Å². The van der Waals surface area contributed by atoms with Crippen LogP contribution in [0.3, 0.4) is 0 Å². The molecule has 0 spiro atoms. The fraction of sp³-hybridized carbons (Fsp3) is 0.154. The summed E-state index contributed by atoms with van der Waals surface area (Å²) in [4.78, 5) is 8.43. The van der Waals surface area contributed by atoms with Crippen molar-refractivity contribution < 1.29 is 0 Å². The van der Waals surface area contributed by atoms with Crippen molar-refractivity contribution in [1.82, 2.24) is 20.2 Å². The first kappa shape index (κ1) is 10.7. The normalized spacial score (nSPS) is 10.7. The topological polar surface area (TPSA) is 66.5 Å². The van der Waals surface area contributed by atoms with Crippen LogP contribution in [0.25, 0.3) is 10.9 Å². The van der Waals surface area contributed by atoms with Crippen LogP contribution in [0.4, 0.5) is 5.69 Å². The summed E-state index contributed by atoms with van der Waals surface area (Å²) in [5, 5.41) is 11.4. The van der Waals surface area contributed by atoms with E-state index in [-0.39, 0.29) is 0 Å². The maximum Gasteiger partial charge on any atom is 0.125 e. The second-order valence-corrected chi connectivity index (χ2v) is 4.12. The number of aromatic amines is 1. The number of H-pyrrole nitrogens is 1. The second-order valence-electron chi connectivity index (χ2n) is 4.12. The Morgan fingerprint density at radius 3 is 3.11 bits per heavy atom. The first-order valence-electron chi connectivity index (χ1n) is 5.77. The van der Waals surface area contributed by atoms with Crippen molar-refractivity contribution in [1.29, 1.82) is 0 Å². The third-order valence-corrected chi connectivity index (χ3v) is 2.75. The van der Waals surface area contributed by atoms with E-state index in [1.54, 1.807) is 6.20 Å². The molecule has 5 heteroatoms. The zero-order chi connectivity index (χ0) is 12.4. The molecule has 5 nitrogen and oxygen atoms in total. The molecule has 0 aliphatic heterocycles. The standard InChI is InChI=1S/C13H13N5/c1-9-14-5-4-12(17-9)8-15-11-2-3-13-10(6-11)7-16-18-13/h2-7,15H,8H2,1H3,(H,16,18). The average molecular weight is 239 g/mol. The second kappa shape index (κ2) is 4.44. The molecule has 0 radical (unpaired) electrons. The molecule has 0 fully saturated rings. The van der Waals surface area contributed by atoms with Crippen LogP contribution in [0, 0.1) is 6.92 Å². The van der Waals surface area contributed by atoms with Gasteiger partial charge in [-0.15, -0.1) is 0 Å². The number of aromatic nitrogens is 4. The Bertz CT molecular complexity index is 674. The molecule has 3 rings (SSSR count). The van der Waals surface area contributed by atoms with Crippen LogP contribution >= 0.6 is 0 Å². The Kier molecular flexibility index (Phi) is 2.64. The third kappa shape index (κ3) is 2.15. The Balaban J connectivity index is 1.76. The number of anilines is 1. The van der Waals surface area contributed by atoms with Gasteiger partial charge in [-0.25, -0.2) is 9.97 Å². The van der Waals surface area contributed by atoms with Gasteiger partial charge in [0.1, 0.15) is 5.82 Å². The summed E-state index contributed by atoms with van der Waals surface area (Å²) in [7, 11) is 0. The summed E-state index contributed by atoms with van der Waals surface area (Å²) in [6, 6.07) is 8.01. The first-order valence-corrected chi connectivity index (χ1v) is 5.77. The maximum atomic E-state index is 4.35. The molecule has 0 aliphatic carbocycles. The number of hydrogen-bond donors (Lipinski definition) is 2. The first-order chi connectivity index (χ1) is 8.81. The van der Waals surface area contributed by atoms with Gasteiger partial charge in [0.25, 0.3) is 0 Å². The maximum absolute atomic E-state index is 4.35. The number of fused-ring (bicyclic) bond motifs is 1. The molecule has 2 aromatic heterocycles. The summed E-state index contributed by atoms with van der Waals surface area (Å²) < 4.78 is 0. The SMILES string of the molecule is Cc1nccc(CNc2ccc3[nH]ncc3c2)n1. The van der Waals surface area contributed by atoms with Crippen molar-refractivity contribution in [2.24, 2.45) is 0 Å². The molecule has 0 saturated heterocycles. The fourth-order valence-corrected chi connectivity index (χ4v) is 1.85. The third-order valence-electron chi connectivity index (χ3n) is 2.75. The van der Waals surface area contributed by atoms with Crippen molar-refractivity contribution in [2.75, 3.05) is 5.32 Å². The zero-order valence-electron chi connectivity index (χ0n) is 10.0. The number of nitrogens with zero attached hydrogens (tertiary/aromatic N) is 3. The molecule has 1 aromatic carbocycles. The van der Waals surface area contributed by atoms with Crippen LogP contribution < -0.4 is 5.32 Å². The minimum atomic E-state index is 0.687. The molecule has 0 saturated carbocycles. The molecule has 2 heterocycles. The van der Waals surface area contributed by atoms with Gasteiger partial charge < -0.3 is 5.32 Å². The smallest absolute Gasteiger partial charge is 0.125 e. The minimum Gasteiger partial charge on any atom is -0.379 e. The van der Waals surface area contributed by atoms with Crippen LogP contribution in [0.5, 0.6) is 0 Å². The van der Waals surface area contributed by atoms with Crippen molar-refractivity contribution in [3.8, 4) is 0 Å². The number of rotatable bonds is 3. The summed E-state index contributed by atoms with van der Waals surface area (Å²) in [5.74, 6) is 0.791. The van der Waals surface area contributed by atoms with E-state index < -0.39 is 0 Å². The molecule has 0 bridgehead atoms. The van der Waals surface area contributed by atoms with Gasteiger partial charge in [-0.1, -0.05) is 0 Å². The highest BCUT2D eigenvalue weighted by Crippen LogP contribution is 2.17. The van der Waals surface area contributed by atoms with Crippen molar-refractivity contribution in [3.63, 3.8) is 0 Å². The van der Waals surface area contributed by atoms with Gasteiger partial charge in [0, 0.05) is 17.3 Å². The van der Waals surface area contributed by atoms with E-state index in [1.165, 1.54) is 0 Å². The Labute approximate surface area is 104 Å². The molecular formula is C13H13N5. The van der Waals surface area contributed by atoms with Gasteiger partial charge in [-0.3, -0.25) is 5.10 Å². The van der Waals surface area contributed by atoms with Crippen LogP contribution in [0.2, 0.25) is 0 Å². The van der Waals surface area contributed by atoms with E-state index in [4.69, 9.17) is 0 Å². The highest BCUT2D eigenvalue weighted by atomic mass is 15.1. The highest BCUT2D eigenvalue weighted by molar-refractivity contribution is 5.81. The number of aryl methyl sites for hydroxylation is 1. The number of hydrogen-bond acceptors (Lipinski definition) is 4. The van der Waals surface area contributed by atoms with Gasteiger partial charge in [-0.2, -0.15) is 5.10 Å². The molecule has 0 aliphatic rings. The van der Waals surface area contributed by atoms with Gasteiger partial charge in [-0.05, 0) is 31.2 Å². The lowest BCUT2D eigenvalue weighted by Crippen LogP contribution is -2.02. The van der Waals surface area contributed by atoms with E-state index in [1.807, 2.05) is 31.3 Å². The van der Waals surface area contributed by atoms with Gasteiger partial charge in [0.15, 0.2) is 0 Å². The number of benzene rings is 1. The van der Waals surface area contributed by atoms with Gasteiger partial charge in [0.05, 0.1) is 24.0 Å². The summed E-state index contributed by atoms with van der Waals surface area (Å²) in [6.07, 6.45) is 3.59. The lowest BCUT2D eigenvalue weighted by molar-refractivity contribution is 0.955. The van der Waals surface area contributed by atoms with Crippen LogP contribution in [0.1, 0.15) is 11.5 Å². The fourth-order valence-electron chi connectivity index (χ4n) is 1.85. The predicted octanol–water partition coefficient (Wildman–Crippen LogP) is 2.27. The Morgan fingerprint density at radius 2 is 2.22 bits per heavy atom. The molecule has 3 aromatic rings. The summed E-state index contributed by atoms with van der Waals surface area (Å²) >= 11 is 0. The van der Waals surface area contributed by atoms with E-state index in [0.717, 1.165) is 28.1 Å². The molecule has 2 N–H and O–H groups in total. The largest absolute Gasteiger partial charge is 0.379 e. The predicted molar refractivity (Wildman–Crippen MR) is 70.2 cm³/mol. The van der Waals surface area contributed by atoms with E-state index >= 15 is 0 Å². The van der Waals surface area contributed by atoms with E-state index in [9.17, 15) is 0 Å². The van der Waals surface area contributed by atoms with Crippen molar-refractivity contribution in [2.45, 2.75) is 13.5 Å². The summed E-state index contributed by atoms with van der Waals surface area (Å²) in [5.41, 5.74) is 3.08. The minimum absolute atomic E-state index is 0.687. The molecule has 0 amide bonds. The van der Waals surface area contributed by atoms with Crippen molar-refractivity contribution >= 4 is 16.6 Å². The highest BCUT2D eigenvalue weighted by Gasteiger charge is 1.99. The van der Waals surface area contributed by atoms with Gasteiger partial charge >= 0.3 is 0 Å². The van der Waals surface area contributed by atoms with Gasteiger partial charge in [0.2, 0.25) is 0 Å². The molecule has 90 valence electrons. The number of nitrogens with one attached hydrogen (secondary N) is 2. The molecular weight excluding hydrogens is 226 g/mol. The molecule has 0 atom stereocenters. The Hall–Kier alpha value is -2.43. The molecule has 18 heavy (non-hydrogen) atoms. The van der Waals surface area contributed by atoms with Crippen LogP contribution in [-0.2, 0) is 6.54 Å². The monoisotopic (exact) mass is 239 g/mol. The average Bonchev–Trinajstić information content (AvgIpc) is 2.84. The van der Waals surface area contributed by atoms with E-state index in [2.05, 4.69) is 31.5 Å². The van der Waals surface area contributed by atoms with Crippen LogP contribution in [-0.4, -0.2) is 20.2 Å². The van der Waals surface area contributed by atoms with E-state index in [0.29, 0.717) is 6.54 Å². The molecule has 0 unspecified atom stereocenters. The lowest BCUT2D eigenvalue weighted by Gasteiger charge is -2.06. The van der Waals surface area contributed by atoms with Crippen LogP contribution in [0.15, 0.2) is 36.7 Å². The zero-order valence-corrected chi connectivity index (χ0v) is 10.0. The Morgan fingerprint density at radius 1 is 1.28 bits per heavy atom. The lowest BCUT2D eigenvalue weighted by atomic mass is 10.2.